The molecule has 6 nitrogen and oxygen atoms in total. The van der Waals surface area contributed by atoms with E-state index in [0.717, 1.165) is 17.7 Å². The number of nitrogens with one attached hydrogen (secondary N) is 2. The zero-order valence-electron chi connectivity index (χ0n) is 14.8. The van der Waals surface area contributed by atoms with Crippen LogP contribution in [0.25, 0.3) is 0 Å². The maximum atomic E-state index is 12.0. The Morgan fingerprint density at radius 2 is 2.22 bits per heavy atom. The van der Waals surface area contributed by atoms with Crippen molar-refractivity contribution >= 4 is 6.03 Å². The molecule has 1 aromatic rings. The average molecular weight is 322 g/mol. The summed E-state index contributed by atoms with van der Waals surface area (Å²) in [5, 5.41) is 10.0. The van der Waals surface area contributed by atoms with Crippen LogP contribution in [0.1, 0.15) is 56.8 Å². The lowest BCUT2D eigenvalue weighted by molar-refractivity contribution is -0.00244. The predicted octanol–water partition coefficient (Wildman–Crippen LogP) is 2.68. The van der Waals surface area contributed by atoms with Gasteiger partial charge in [-0.3, -0.25) is 4.68 Å². The quantitative estimate of drug-likeness (QED) is 0.791. The molecule has 2 N–H and O–H groups in total. The van der Waals surface area contributed by atoms with Gasteiger partial charge in [-0.05, 0) is 32.6 Å². The summed E-state index contributed by atoms with van der Waals surface area (Å²) in [7, 11) is 1.90. The highest BCUT2D eigenvalue weighted by Crippen LogP contribution is 2.25. The molecule has 1 aromatic heterocycles. The number of ether oxygens (including phenoxy) is 1. The second-order valence-electron chi connectivity index (χ2n) is 6.60. The predicted molar refractivity (Wildman–Crippen MR) is 90.3 cm³/mol. The van der Waals surface area contributed by atoms with E-state index >= 15 is 0 Å². The molecule has 3 atom stereocenters. The molecule has 1 heterocycles. The molecule has 0 saturated heterocycles. The van der Waals surface area contributed by atoms with Crippen LogP contribution in [-0.2, 0) is 11.8 Å². The molecule has 0 aliphatic heterocycles. The third-order valence-electron chi connectivity index (χ3n) is 4.84. The van der Waals surface area contributed by atoms with E-state index in [1.807, 2.05) is 25.6 Å². The van der Waals surface area contributed by atoms with Crippen molar-refractivity contribution in [1.82, 2.24) is 20.4 Å². The number of amides is 2. The third-order valence-corrected chi connectivity index (χ3v) is 4.84. The van der Waals surface area contributed by atoms with Crippen LogP contribution in [0.4, 0.5) is 4.79 Å². The minimum Gasteiger partial charge on any atom is -0.376 e. The van der Waals surface area contributed by atoms with E-state index in [0.29, 0.717) is 25.2 Å². The van der Waals surface area contributed by atoms with Crippen molar-refractivity contribution in [3.63, 3.8) is 0 Å². The Morgan fingerprint density at radius 1 is 1.48 bits per heavy atom. The molecule has 23 heavy (non-hydrogen) atoms. The van der Waals surface area contributed by atoms with Crippen LogP contribution in [0.15, 0.2) is 6.20 Å². The number of rotatable bonds is 6. The van der Waals surface area contributed by atoms with Crippen molar-refractivity contribution in [2.45, 2.75) is 58.6 Å². The lowest BCUT2D eigenvalue weighted by atomic mass is 9.88. The summed E-state index contributed by atoms with van der Waals surface area (Å²) in [6, 6.07) is -0.232. The lowest BCUT2D eigenvalue weighted by Gasteiger charge is -2.28. The number of aryl methyl sites for hydroxylation is 1. The second kappa shape index (κ2) is 8.34. The van der Waals surface area contributed by atoms with Crippen molar-refractivity contribution in [1.29, 1.82) is 0 Å². The highest BCUT2D eigenvalue weighted by Gasteiger charge is 2.21. The van der Waals surface area contributed by atoms with E-state index in [-0.39, 0.29) is 12.1 Å². The van der Waals surface area contributed by atoms with Crippen molar-refractivity contribution < 1.29 is 9.53 Å². The van der Waals surface area contributed by atoms with E-state index in [1.54, 1.807) is 6.20 Å². The second-order valence-corrected chi connectivity index (χ2v) is 6.60. The van der Waals surface area contributed by atoms with Gasteiger partial charge in [-0.25, -0.2) is 4.79 Å². The van der Waals surface area contributed by atoms with E-state index in [9.17, 15) is 4.79 Å². The molecule has 0 spiro atoms. The largest absolute Gasteiger partial charge is 0.376 e. The molecular weight excluding hydrogens is 292 g/mol. The first-order chi connectivity index (χ1) is 11.0. The third kappa shape index (κ3) is 4.96. The van der Waals surface area contributed by atoms with Crippen LogP contribution in [-0.4, -0.2) is 35.1 Å². The van der Waals surface area contributed by atoms with Crippen molar-refractivity contribution in [3.8, 4) is 0 Å². The van der Waals surface area contributed by atoms with Crippen LogP contribution >= 0.6 is 0 Å². The highest BCUT2D eigenvalue weighted by atomic mass is 16.5. The smallest absolute Gasteiger partial charge is 0.315 e. The van der Waals surface area contributed by atoms with Crippen molar-refractivity contribution in [2.24, 2.45) is 13.0 Å². The number of carbonyl (C=O) groups excluding carboxylic acids is 1. The SMILES string of the molecule is Cc1c([C@H](C)NC(=O)NCCO[C@@H]2CCCC[C@@H]2C)cnn1C. The van der Waals surface area contributed by atoms with Gasteiger partial charge in [0.15, 0.2) is 0 Å². The molecule has 2 rings (SSSR count). The van der Waals surface area contributed by atoms with Gasteiger partial charge in [-0.15, -0.1) is 0 Å². The molecule has 1 saturated carbocycles. The Balaban J connectivity index is 1.66. The van der Waals surface area contributed by atoms with Gasteiger partial charge >= 0.3 is 6.03 Å². The Hall–Kier alpha value is -1.56. The first kappa shape index (κ1) is 17.8. The van der Waals surface area contributed by atoms with Crippen LogP contribution in [0.2, 0.25) is 0 Å². The molecule has 0 aromatic carbocycles. The molecule has 0 bridgehead atoms. The van der Waals surface area contributed by atoms with Crippen LogP contribution in [0.5, 0.6) is 0 Å². The topological polar surface area (TPSA) is 68.2 Å². The minimum atomic E-state index is -0.166. The zero-order chi connectivity index (χ0) is 16.8. The molecule has 0 radical (unpaired) electrons. The molecule has 2 amide bonds. The van der Waals surface area contributed by atoms with Gasteiger partial charge in [-0.2, -0.15) is 5.10 Å². The normalized spacial score (nSPS) is 22.6. The monoisotopic (exact) mass is 322 g/mol. The summed E-state index contributed by atoms with van der Waals surface area (Å²) >= 11 is 0. The summed E-state index contributed by atoms with van der Waals surface area (Å²) < 4.78 is 7.71. The highest BCUT2D eigenvalue weighted by molar-refractivity contribution is 5.74. The molecule has 130 valence electrons. The van der Waals surface area contributed by atoms with Gasteiger partial charge in [0.05, 0.1) is 24.9 Å². The van der Waals surface area contributed by atoms with Gasteiger partial charge in [0, 0.05) is 24.8 Å². The summed E-state index contributed by atoms with van der Waals surface area (Å²) in [6.07, 6.45) is 7.11. The maximum Gasteiger partial charge on any atom is 0.315 e. The molecule has 6 heteroatoms. The molecule has 0 unspecified atom stereocenters. The zero-order valence-corrected chi connectivity index (χ0v) is 14.8. The Kier molecular flexibility index (Phi) is 6.45. The average Bonchev–Trinajstić information content (AvgIpc) is 2.85. The lowest BCUT2D eigenvalue weighted by Crippen LogP contribution is -2.39. The standard InChI is InChI=1S/C17H30N4O2/c1-12-7-5-6-8-16(12)23-10-9-18-17(22)20-13(2)15-11-19-21(4)14(15)3/h11-13,16H,5-10H2,1-4H3,(H2,18,20,22)/t12-,13-,16+/m0/s1. The first-order valence-corrected chi connectivity index (χ1v) is 8.63. The summed E-state index contributed by atoms with van der Waals surface area (Å²) in [4.78, 5) is 12.0. The van der Waals surface area contributed by atoms with Crippen molar-refractivity contribution in [3.05, 3.63) is 17.5 Å². The minimum absolute atomic E-state index is 0.0667. The van der Waals surface area contributed by atoms with E-state index in [4.69, 9.17) is 4.74 Å². The van der Waals surface area contributed by atoms with Gasteiger partial charge in [0.25, 0.3) is 0 Å². The fraction of sp³-hybridized carbons (Fsp3) is 0.765. The molecule has 1 aliphatic rings. The van der Waals surface area contributed by atoms with E-state index < -0.39 is 0 Å². The van der Waals surface area contributed by atoms with Gasteiger partial charge in [0.2, 0.25) is 0 Å². The Labute approximate surface area is 139 Å². The van der Waals surface area contributed by atoms with Gasteiger partial charge in [-0.1, -0.05) is 19.8 Å². The number of urea groups is 1. The number of nitrogens with zero attached hydrogens (tertiary/aromatic N) is 2. The fourth-order valence-electron chi connectivity index (χ4n) is 3.17. The number of carbonyl (C=O) groups is 1. The summed E-state index contributed by atoms with van der Waals surface area (Å²) in [5.41, 5.74) is 2.10. The van der Waals surface area contributed by atoms with Crippen LogP contribution < -0.4 is 10.6 Å². The molecular formula is C17H30N4O2. The van der Waals surface area contributed by atoms with Crippen LogP contribution in [0, 0.1) is 12.8 Å². The molecule has 1 fully saturated rings. The van der Waals surface area contributed by atoms with Gasteiger partial charge < -0.3 is 15.4 Å². The fourth-order valence-corrected chi connectivity index (χ4v) is 3.17. The number of hydrogen-bond acceptors (Lipinski definition) is 3. The number of aromatic nitrogens is 2. The summed E-state index contributed by atoms with van der Waals surface area (Å²) in [6.45, 7) is 7.32. The summed E-state index contributed by atoms with van der Waals surface area (Å²) in [5.74, 6) is 0.631. The Morgan fingerprint density at radius 3 is 2.87 bits per heavy atom. The van der Waals surface area contributed by atoms with E-state index in [2.05, 4.69) is 22.7 Å². The molecule has 1 aliphatic carbocycles. The van der Waals surface area contributed by atoms with E-state index in [1.165, 1.54) is 19.3 Å². The first-order valence-electron chi connectivity index (χ1n) is 8.63. The van der Waals surface area contributed by atoms with Crippen LogP contribution in [0.3, 0.4) is 0 Å². The van der Waals surface area contributed by atoms with Gasteiger partial charge in [0.1, 0.15) is 0 Å². The van der Waals surface area contributed by atoms with Crippen molar-refractivity contribution in [2.75, 3.05) is 13.2 Å². The number of hydrogen-bond donors (Lipinski definition) is 2. The Bertz CT molecular complexity index is 515. The maximum absolute atomic E-state index is 12.0.